The zero-order chi connectivity index (χ0) is 11.3. The second-order valence-electron chi connectivity index (χ2n) is 2.64. The number of aromatic nitrogens is 2. The molecule has 0 radical (unpaired) electrons. The molecular formula is C7H11ClN6O. The second-order valence-corrected chi connectivity index (χ2v) is 3.05. The van der Waals surface area contributed by atoms with Gasteiger partial charge in [0.1, 0.15) is 5.02 Å². The molecule has 0 unspecified atom stereocenters. The SMILES string of the molecule is NC(=O)NCCNc1nc(N)ncc1Cl. The van der Waals surface area contributed by atoms with Gasteiger partial charge in [0.05, 0.1) is 6.20 Å². The van der Waals surface area contributed by atoms with Crippen LogP contribution in [0.2, 0.25) is 5.02 Å². The smallest absolute Gasteiger partial charge is 0.312 e. The molecule has 82 valence electrons. The molecule has 6 N–H and O–H groups in total. The number of hydrogen-bond acceptors (Lipinski definition) is 5. The summed E-state index contributed by atoms with van der Waals surface area (Å²) in [5, 5.41) is 5.65. The van der Waals surface area contributed by atoms with E-state index in [0.717, 1.165) is 0 Å². The minimum atomic E-state index is -0.579. The summed E-state index contributed by atoms with van der Waals surface area (Å²) < 4.78 is 0. The van der Waals surface area contributed by atoms with Crippen molar-refractivity contribution in [3.8, 4) is 0 Å². The van der Waals surface area contributed by atoms with E-state index < -0.39 is 6.03 Å². The summed E-state index contributed by atoms with van der Waals surface area (Å²) in [7, 11) is 0. The molecule has 15 heavy (non-hydrogen) atoms. The summed E-state index contributed by atoms with van der Waals surface area (Å²) in [5.74, 6) is 0.556. The number of nitrogen functional groups attached to an aromatic ring is 1. The number of amides is 2. The van der Waals surface area contributed by atoms with Gasteiger partial charge in [0.25, 0.3) is 0 Å². The Kier molecular flexibility index (Phi) is 3.92. The minimum absolute atomic E-state index is 0.129. The zero-order valence-corrected chi connectivity index (χ0v) is 8.58. The normalized spacial score (nSPS) is 9.67. The van der Waals surface area contributed by atoms with Crippen LogP contribution in [0.5, 0.6) is 0 Å². The van der Waals surface area contributed by atoms with Crippen LogP contribution in [-0.2, 0) is 0 Å². The van der Waals surface area contributed by atoms with Crippen LogP contribution in [0.3, 0.4) is 0 Å². The van der Waals surface area contributed by atoms with Gasteiger partial charge in [-0.25, -0.2) is 9.78 Å². The molecule has 0 aliphatic carbocycles. The van der Waals surface area contributed by atoms with E-state index >= 15 is 0 Å². The maximum absolute atomic E-state index is 10.3. The van der Waals surface area contributed by atoms with Crippen molar-refractivity contribution in [1.82, 2.24) is 15.3 Å². The Morgan fingerprint density at radius 1 is 1.53 bits per heavy atom. The van der Waals surface area contributed by atoms with Gasteiger partial charge in [0.15, 0.2) is 5.82 Å². The lowest BCUT2D eigenvalue weighted by Crippen LogP contribution is -2.33. The van der Waals surface area contributed by atoms with Crippen molar-refractivity contribution in [1.29, 1.82) is 0 Å². The number of urea groups is 1. The van der Waals surface area contributed by atoms with E-state index in [9.17, 15) is 4.79 Å². The van der Waals surface area contributed by atoms with E-state index in [-0.39, 0.29) is 5.95 Å². The number of halogens is 1. The van der Waals surface area contributed by atoms with Crippen molar-refractivity contribution in [3.05, 3.63) is 11.2 Å². The molecule has 1 rings (SSSR count). The molecule has 1 aromatic heterocycles. The first-order valence-electron chi connectivity index (χ1n) is 4.15. The van der Waals surface area contributed by atoms with Crippen LogP contribution in [0.25, 0.3) is 0 Å². The number of hydrogen-bond donors (Lipinski definition) is 4. The van der Waals surface area contributed by atoms with Gasteiger partial charge in [-0.05, 0) is 0 Å². The Morgan fingerprint density at radius 3 is 2.93 bits per heavy atom. The number of nitrogens with zero attached hydrogens (tertiary/aromatic N) is 2. The Labute approximate surface area is 91.2 Å². The molecule has 0 fully saturated rings. The number of rotatable bonds is 4. The van der Waals surface area contributed by atoms with Crippen LogP contribution in [0.4, 0.5) is 16.6 Å². The molecule has 0 spiro atoms. The van der Waals surface area contributed by atoms with Gasteiger partial charge in [0, 0.05) is 13.1 Å². The fourth-order valence-electron chi connectivity index (χ4n) is 0.871. The van der Waals surface area contributed by atoms with Crippen molar-refractivity contribution in [2.24, 2.45) is 5.73 Å². The van der Waals surface area contributed by atoms with Crippen molar-refractivity contribution < 1.29 is 4.79 Å². The Hall–Kier alpha value is -1.76. The number of nitrogens with two attached hydrogens (primary N) is 2. The lowest BCUT2D eigenvalue weighted by molar-refractivity contribution is 0.249. The van der Waals surface area contributed by atoms with Crippen LogP contribution in [0, 0.1) is 0 Å². The molecule has 0 aromatic carbocycles. The summed E-state index contributed by atoms with van der Waals surface area (Å²) in [4.78, 5) is 17.9. The highest BCUT2D eigenvalue weighted by molar-refractivity contribution is 6.32. The van der Waals surface area contributed by atoms with Gasteiger partial charge in [-0.3, -0.25) is 0 Å². The molecule has 0 aliphatic heterocycles. The summed E-state index contributed by atoms with van der Waals surface area (Å²) >= 11 is 5.78. The van der Waals surface area contributed by atoms with E-state index in [0.29, 0.717) is 23.9 Å². The molecule has 0 saturated heterocycles. The molecule has 0 atom stereocenters. The molecular weight excluding hydrogens is 220 g/mol. The van der Waals surface area contributed by atoms with Crippen LogP contribution in [-0.4, -0.2) is 29.1 Å². The predicted molar refractivity (Wildman–Crippen MR) is 57.5 cm³/mol. The van der Waals surface area contributed by atoms with Crippen molar-refractivity contribution in [3.63, 3.8) is 0 Å². The molecule has 0 aliphatic rings. The van der Waals surface area contributed by atoms with E-state index in [1.54, 1.807) is 0 Å². The summed E-state index contributed by atoms with van der Waals surface area (Å²) in [6.45, 7) is 0.814. The fourth-order valence-corrected chi connectivity index (χ4v) is 1.03. The minimum Gasteiger partial charge on any atom is -0.368 e. The first-order valence-corrected chi connectivity index (χ1v) is 4.52. The molecule has 1 heterocycles. The topological polar surface area (TPSA) is 119 Å². The summed E-state index contributed by atoms with van der Waals surface area (Å²) in [6, 6.07) is -0.579. The molecule has 2 amide bonds. The van der Waals surface area contributed by atoms with Gasteiger partial charge in [-0.2, -0.15) is 4.98 Å². The first kappa shape index (κ1) is 11.3. The van der Waals surface area contributed by atoms with Crippen LogP contribution in [0.15, 0.2) is 6.20 Å². The first-order chi connectivity index (χ1) is 7.09. The lowest BCUT2D eigenvalue weighted by atomic mass is 10.5. The number of carbonyl (C=O) groups is 1. The van der Waals surface area contributed by atoms with Crippen molar-refractivity contribution >= 4 is 29.4 Å². The average Bonchev–Trinajstić information content (AvgIpc) is 2.17. The van der Waals surface area contributed by atoms with Crippen LogP contribution < -0.4 is 22.1 Å². The fraction of sp³-hybridized carbons (Fsp3) is 0.286. The molecule has 0 saturated carbocycles. The van der Waals surface area contributed by atoms with Gasteiger partial charge in [-0.1, -0.05) is 11.6 Å². The Morgan fingerprint density at radius 2 is 2.27 bits per heavy atom. The summed E-state index contributed by atoms with van der Waals surface area (Å²) in [6.07, 6.45) is 1.40. The average molecular weight is 231 g/mol. The van der Waals surface area contributed by atoms with E-state index in [1.807, 2.05) is 0 Å². The van der Waals surface area contributed by atoms with E-state index in [4.69, 9.17) is 23.1 Å². The Bertz CT molecular complexity index is 357. The van der Waals surface area contributed by atoms with Gasteiger partial charge in [0.2, 0.25) is 5.95 Å². The van der Waals surface area contributed by atoms with Crippen molar-refractivity contribution in [2.45, 2.75) is 0 Å². The third kappa shape index (κ3) is 3.86. The monoisotopic (exact) mass is 230 g/mol. The van der Waals surface area contributed by atoms with Crippen LogP contribution >= 0.6 is 11.6 Å². The van der Waals surface area contributed by atoms with Gasteiger partial charge in [-0.15, -0.1) is 0 Å². The quantitative estimate of drug-likeness (QED) is 0.534. The van der Waals surface area contributed by atoms with Crippen LogP contribution in [0.1, 0.15) is 0 Å². The number of anilines is 2. The molecule has 7 nitrogen and oxygen atoms in total. The molecule has 8 heteroatoms. The highest BCUT2D eigenvalue weighted by atomic mass is 35.5. The predicted octanol–water partition coefficient (Wildman–Crippen LogP) is -0.208. The largest absolute Gasteiger partial charge is 0.368 e. The second kappa shape index (κ2) is 5.20. The number of nitrogens with one attached hydrogen (secondary N) is 2. The third-order valence-electron chi connectivity index (χ3n) is 1.48. The molecule has 0 bridgehead atoms. The third-order valence-corrected chi connectivity index (χ3v) is 1.76. The summed E-state index contributed by atoms with van der Waals surface area (Å²) in [5.41, 5.74) is 10.2. The highest BCUT2D eigenvalue weighted by Gasteiger charge is 2.02. The standard InChI is InChI=1S/C7H11ClN6O/c8-4-3-13-6(9)14-5(4)11-1-2-12-7(10)15/h3H,1-2H2,(H3,10,12,15)(H3,9,11,13,14). The van der Waals surface area contributed by atoms with E-state index in [1.165, 1.54) is 6.20 Å². The lowest BCUT2D eigenvalue weighted by Gasteiger charge is -2.07. The number of primary amides is 1. The van der Waals surface area contributed by atoms with Crippen molar-refractivity contribution in [2.75, 3.05) is 24.1 Å². The van der Waals surface area contributed by atoms with Gasteiger partial charge >= 0.3 is 6.03 Å². The van der Waals surface area contributed by atoms with E-state index in [2.05, 4.69) is 20.6 Å². The zero-order valence-electron chi connectivity index (χ0n) is 7.83. The highest BCUT2D eigenvalue weighted by Crippen LogP contribution is 2.17. The number of carbonyl (C=O) groups excluding carboxylic acids is 1. The van der Waals surface area contributed by atoms with Gasteiger partial charge < -0.3 is 22.1 Å². The maximum Gasteiger partial charge on any atom is 0.312 e. The molecule has 1 aromatic rings. The maximum atomic E-state index is 10.3. The Balaban J connectivity index is 2.43.